The van der Waals surface area contributed by atoms with Crippen molar-refractivity contribution in [3.05, 3.63) is 47.2 Å². The molecule has 0 unspecified atom stereocenters. The smallest absolute Gasteiger partial charge is 0.416 e. The number of halogens is 1. The molecule has 0 bridgehead atoms. The van der Waals surface area contributed by atoms with Crippen LogP contribution in [-0.4, -0.2) is 65.6 Å². The van der Waals surface area contributed by atoms with E-state index < -0.39 is 11.7 Å². The lowest BCUT2D eigenvalue weighted by Crippen LogP contribution is -2.37. The minimum Gasteiger partial charge on any atom is -0.443 e. The van der Waals surface area contributed by atoms with E-state index in [0.717, 1.165) is 5.56 Å². The maximum Gasteiger partial charge on any atom is 0.416 e. The second-order valence-corrected chi connectivity index (χ2v) is 9.21. The van der Waals surface area contributed by atoms with Crippen LogP contribution in [0.1, 0.15) is 26.3 Å². The fourth-order valence-electron chi connectivity index (χ4n) is 3.05. The maximum atomic E-state index is 13.1. The number of hydrogen-bond donors (Lipinski definition) is 1. The number of fused-ring (bicyclic) bond motifs is 1. The summed E-state index contributed by atoms with van der Waals surface area (Å²) in [4.78, 5) is 32.5. The summed E-state index contributed by atoms with van der Waals surface area (Å²) in [5.41, 5.74) is 1.41. The van der Waals surface area contributed by atoms with Crippen molar-refractivity contribution in [2.24, 2.45) is 0 Å². The van der Waals surface area contributed by atoms with Gasteiger partial charge in [0.2, 0.25) is 5.91 Å². The van der Waals surface area contributed by atoms with Crippen molar-refractivity contribution in [2.45, 2.75) is 32.9 Å². The monoisotopic (exact) mass is 468 g/mol. The normalized spacial score (nSPS) is 11.6. The predicted octanol–water partition coefficient (Wildman–Crippen LogP) is 2.62. The summed E-state index contributed by atoms with van der Waals surface area (Å²) in [5.74, 6) is 0.243. The Morgan fingerprint density at radius 2 is 1.88 bits per heavy atom. The van der Waals surface area contributed by atoms with E-state index >= 15 is 0 Å². The SMILES string of the molecule is [B]c1cnn2c(N(Cc3ccc(NC(=O)CN(C)C)cc3)C(=O)OC(C)(C)C)cc(Cl)nc12. The average Bonchev–Trinajstić information content (AvgIpc) is 3.05. The van der Waals surface area contributed by atoms with Gasteiger partial charge in [0.05, 0.1) is 13.1 Å². The van der Waals surface area contributed by atoms with E-state index in [1.165, 1.54) is 21.7 Å². The van der Waals surface area contributed by atoms with E-state index in [9.17, 15) is 9.59 Å². The lowest BCUT2D eigenvalue weighted by Gasteiger charge is -2.27. The quantitative estimate of drug-likeness (QED) is 0.442. The number of rotatable bonds is 6. The Balaban J connectivity index is 1.92. The molecule has 172 valence electrons. The number of anilines is 2. The predicted molar refractivity (Wildman–Crippen MR) is 129 cm³/mol. The van der Waals surface area contributed by atoms with Gasteiger partial charge in [-0.25, -0.2) is 9.78 Å². The van der Waals surface area contributed by atoms with Crippen molar-refractivity contribution in [3.8, 4) is 0 Å². The zero-order valence-corrected chi connectivity index (χ0v) is 20.1. The number of benzene rings is 1. The zero-order valence-electron chi connectivity index (χ0n) is 19.3. The molecule has 0 aliphatic heterocycles. The van der Waals surface area contributed by atoms with Crippen LogP contribution in [0.5, 0.6) is 0 Å². The highest BCUT2D eigenvalue weighted by atomic mass is 35.5. The Hall–Kier alpha value is -3.11. The lowest BCUT2D eigenvalue weighted by molar-refractivity contribution is -0.116. The summed E-state index contributed by atoms with van der Waals surface area (Å²) in [6.07, 6.45) is 0.865. The van der Waals surface area contributed by atoms with Gasteiger partial charge in [-0.15, -0.1) is 0 Å². The van der Waals surface area contributed by atoms with Gasteiger partial charge >= 0.3 is 6.09 Å². The molecule has 0 aliphatic carbocycles. The van der Waals surface area contributed by atoms with Crippen LogP contribution in [0.3, 0.4) is 0 Å². The molecule has 0 saturated heterocycles. The van der Waals surface area contributed by atoms with Crippen molar-refractivity contribution >= 4 is 54.1 Å². The fraction of sp³-hybridized carbons (Fsp3) is 0.364. The van der Waals surface area contributed by atoms with Crippen LogP contribution < -0.4 is 15.7 Å². The minimum atomic E-state index is -0.713. The summed E-state index contributed by atoms with van der Waals surface area (Å²) in [6.45, 7) is 5.80. The Morgan fingerprint density at radius 3 is 2.48 bits per heavy atom. The summed E-state index contributed by atoms with van der Waals surface area (Å²) >= 11 is 6.21. The van der Waals surface area contributed by atoms with Gasteiger partial charge in [0.15, 0.2) is 5.65 Å². The van der Waals surface area contributed by atoms with Gasteiger partial charge in [0.25, 0.3) is 0 Å². The van der Waals surface area contributed by atoms with E-state index in [1.54, 1.807) is 37.8 Å². The van der Waals surface area contributed by atoms with Crippen LogP contribution in [0.15, 0.2) is 36.5 Å². The molecule has 0 aliphatic rings. The fourth-order valence-corrected chi connectivity index (χ4v) is 3.23. The summed E-state index contributed by atoms with van der Waals surface area (Å²) in [5, 5.41) is 7.24. The molecule has 0 spiro atoms. The zero-order chi connectivity index (χ0) is 24.3. The first kappa shape index (κ1) is 24.5. The van der Waals surface area contributed by atoms with Crippen LogP contribution in [0, 0.1) is 0 Å². The van der Waals surface area contributed by atoms with E-state index in [-0.39, 0.29) is 24.1 Å². The largest absolute Gasteiger partial charge is 0.443 e. The van der Waals surface area contributed by atoms with Gasteiger partial charge in [-0.3, -0.25) is 9.69 Å². The highest BCUT2D eigenvalue weighted by Crippen LogP contribution is 2.24. The van der Waals surface area contributed by atoms with Gasteiger partial charge in [-0.1, -0.05) is 23.7 Å². The second-order valence-electron chi connectivity index (χ2n) is 8.82. The summed E-state index contributed by atoms with van der Waals surface area (Å²) in [7, 11) is 9.60. The van der Waals surface area contributed by atoms with Crippen LogP contribution in [-0.2, 0) is 16.1 Å². The molecular formula is C22H26BClN6O3. The number of amides is 2. The number of aromatic nitrogens is 3. The first-order chi connectivity index (χ1) is 15.4. The number of hydrogen-bond acceptors (Lipinski definition) is 6. The van der Waals surface area contributed by atoms with Gasteiger partial charge in [0.1, 0.15) is 24.4 Å². The molecule has 3 rings (SSSR count). The van der Waals surface area contributed by atoms with Gasteiger partial charge in [-0.2, -0.15) is 9.61 Å². The van der Waals surface area contributed by atoms with E-state index in [4.69, 9.17) is 24.2 Å². The lowest BCUT2D eigenvalue weighted by atomic mass is 10.0. The molecule has 2 aromatic heterocycles. The van der Waals surface area contributed by atoms with Gasteiger partial charge in [0, 0.05) is 18.0 Å². The molecule has 2 amide bonds. The van der Waals surface area contributed by atoms with E-state index in [2.05, 4.69) is 15.4 Å². The Morgan fingerprint density at radius 1 is 1.21 bits per heavy atom. The Kier molecular flexibility index (Phi) is 7.29. The molecule has 2 radical (unpaired) electrons. The number of likely N-dealkylation sites (N-methyl/N-ethyl adjacent to an activating group) is 1. The van der Waals surface area contributed by atoms with Crippen LogP contribution >= 0.6 is 11.6 Å². The molecule has 9 nitrogen and oxygen atoms in total. The molecule has 2 heterocycles. The van der Waals surface area contributed by atoms with Crippen LogP contribution in [0.2, 0.25) is 5.15 Å². The number of nitrogens with one attached hydrogen (secondary N) is 1. The molecule has 0 fully saturated rings. The molecule has 0 atom stereocenters. The summed E-state index contributed by atoms with van der Waals surface area (Å²) in [6, 6.07) is 8.72. The molecule has 1 aromatic carbocycles. The molecule has 33 heavy (non-hydrogen) atoms. The number of carbonyl (C=O) groups excluding carboxylic acids is 2. The van der Waals surface area contributed by atoms with E-state index in [1.807, 2.05) is 26.2 Å². The third-order valence-corrected chi connectivity index (χ3v) is 4.57. The molecule has 0 saturated carbocycles. The van der Waals surface area contributed by atoms with Crippen molar-refractivity contribution < 1.29 is 14.3 Å². The number of nitrogens with zero attached hydrogens (tertiary/aromatic N) is 5. The van der Waals surface area contributed by atoms with Crippen molar-refractivity contribution in [3.63, 3.8) is 0 Å². The summed E-state index contributed by atoms with van der Waals surface area (Å²) < 4.78 is 7.07. The molecule has 3 aromatic rings. The first-order valence-corrected chi connectivity index (χ1v) is 10.6. The van der Waals surface area contributed by atoms with Crippen molar-refractivity contribution in [1.82, 2.24) is 19.5 Å². The topological polar surface area (TPSA) is 92.1 Å². The third-order valence-electron chi connectivity index (χ3n) is 4.38. The van der Waals surface area contributed by atoms with E-state index in [0.29, 0.717) is 22.6 Å². The Bertz CT molecular complexity index is 1160. The number of ether oxygens (including phenoxy) is 1. The third kappa shape index (κ3) is 6.46. The van der Waals surface area contributed by atoms with Crippen molar-refractivity contribution in [2.75, 3.05) is 30.9 Å². The highest BCUT2D eigenvalue weighted by Gasteiger charge is 2.26. The highest BCUT2D eigenvalue weighted by molar-refractivity contribution is 6.36. The van der Waals surface area contributed by atoms with Crippen LogP contribution in [0.4, 0.5) is 16.3 Å². The molecule has 11 heteroatoms. The molecular weight excluding hydrogens is 443 g/mol. The second kappa shape index (κ2) is 9.80. The van der Waals surface area contributed by atoms with Gasteiger partial charge in [-0.05, 0) is 58.0 Å². The maximum absolute atomic E-state index is 13.1. The van der Waals surface area contributed by atoms with Crippen LogP contribution in [0.25, 0.3) is 5.65 Å². The van der Waals surface area contributed by atoms with Crippen molar-refractivity contribution in [1.29, 1.82) is 0 Å². The number of carbonyl (C=O) groups is 2. The van der Waals surface area contributed by atoms with Gasteiger partial charge < -0.3 is 15.0 Å². The first-order valence-electron chi connectivity index (χ1n) is 10.3. The Labute approximate surface area is 199 Å². The average molecular weight is 469 g/mol. The molecule has 1 N–H and O–H groups in total. The standard InChI is InChI=1S/C22H26BClN6O3/c1-22(2,3)33-21(32)29(19-10-17(24)27-20-16(23)11-25-30(19)20)12-14-6-8-15(9-7-14)26-18(31)13-28(4)5/h6-11H,12-13H2,1-5H3,(H,26,31). The minimum absolute atomic E-state index is 0.117.